The molecule has 2 aliphatic rings. The molecule has 1 aromatic heterocycles. The van der Waals surface area contributed by atoms with Crippen molar-refractivity contribution in [1.29, 1.82) is 0 Å². The highest BCUT2D eigenvalue weighted by molar-refractivity contribution is 7.81. The van der Waals surface area contributed by atoms with Crippen molar-refractivity contribution in [3.8, 4) is 16.2 Å². The Labute approximate surface area is 417 Å². The Bertz CT molecular complexity index is 2570. The third-order valence-electron chi connectivity index (χ3n) is 11.7. The Balaban J connectivity index is 0.870. The van der Waals surface area contributed by atoms with Gasteiger partial charge in [-0.05, 0) is 85.9 Å². The smallest absolute Gasteiger partial charge is 0.423 e. The SMILES string of the molecule is Cc1ncsc1-c1ccc(CNC(=O)[C@@H]2C[C@@H](O)CN2C(=O)C(NC(=O)COCCOCCOCCOc2ccc(N3C(=S)N(c4ccc([N+](=O)[O-])c(C(F)(F)F)c4)C(=O)C3(C)C)cc2)C(C)(C)C)cc1. The van der Waals surface area contributed by atoms with Gasteiger partial charge in [-0.1, -0.05) is 45.0 Å². The Morgan fingerprint density at radius 1 is 0.958 bits per heavy atom. The summed E-state index contributed by atoms with van der Waals surface area (Å²) in [5.41, 5.74) is 0.108. The molecule has 0 saturated carbocycles. The fourth-order valence-electron chi connectivity index (χ4n) is 8.00. The van der Waals surface area contributed by atoms with Crippen LogP contribution in [0.1, 0.15) is 57.9 Å². The number of nitro benzene ring substituents is 1. The predicted molar refractivity (Wildman–Crippen MR) is 261 cm³/mol. The number of aliphatic hydroxyl groups is 1. The van der Waals surface area contributed by atoms with Crippen molar-refractivity contribution in [3.63, 3.8) is 0 Å². The average Bonchev–Trinajstić information content (AvgIpc) is 3.98. The van der Waals surface area contributed by atoms with Crippen LogP contribution in [-0.2, 0) is 46.1 Å². The molecule has 4 amide bonds. The lowest BCUT2D eigenvalue weighted by Gasteiger charge is -2.35. The minimum Gasteiger partial charge on any atom is -0.491 e. The number of ether oxygens (including phenoxy) is 4. The number of benzene rings is 3. The summed E-state index contributed by atoms with van der Waals surface area (Å²) in [5, 5.41) is 27.3. The quantitative estimate of drug-likeness (QED) is 0.0367. The van der Waals surface area contributed by atoms with Crippen LogP contribution in [0.25, 0.3) is 10.4 Å². The number of nitrogens with one attached hydrogen (secondary N) is 2. The molecule has 3 atom stereocenters. The number of nitrogens with zero attached hydrogens (tertiary/aromatic N) is 5. The van der Waals surface area contributed by atoms with Crippen molar-refractivity contribution in [1.82, 2.24) is 20.5 Å². The number of amides is 4. The molecule has 4 aromatic rings. The molecule has 71 heavy (non-hydrogen) atoms. The maximum absolute atomic E-state index is 13.9. The molecule has 0 radical (unpaired) electrons. The largest absolute Gasteiger partial charge is 0.491 e. The number of halogens is 3. The first kappa shape index (κ1) is 54.2. The van der Waals surface area contributed by atoms with Crippen LogP contribution in [0.4, 0.5) is 30.2 Å². The van der Waals surface area contributed by atoms with Gasteiger partial charge in [0.25, 0.3) is 11.6 Å². The van der Waals surface area contributed by atoms with E-state index in [0.717, 1.165) is 32.7 Å². The lowest BCUT2D eigenvalue weighted by atomic mass is 9.85. The summed E-state index contributed by atoms with van der Waals surface area (Å²) < 4.78 is 63.5. The molecule has 2 fully saturated rings. The number of rotatable bonds is 21. The fourth-order valence-corrected chi connectivity index (χ4v) is 9.34. The lowest BCUT2D eigenvalue weighted by molar-refractivity contribution is -0.388. The number of aryl methyl sites for hydroxylation is 1. The summed E-state index contributed by atoms with van der Waals surface area (Å²) >= 11 is 7.11. The minimum absolute atomic E-state index is 0.0543. The number of β-amino-alcohol motifs (C(OH)–C–C–N with tert-alkyl or cyclic N) is 1. The first-order valence-electron chi connectivity index (χ1n) is 22.5. The number of alkyl halides is 3. The van der Waals surface area contributed by atoms with Crippen LogP contribution in [0.2, 0.25) is 0 Å². The van der Waals surface area contributed by atoms with Crippen LogP contribution in [0.15, 0.2) is 72.2 Å². The van der Waals surface area contributed by atoms with E-state index in [0.29, 0.717) is 23.6 Å². The lowest BCUT2D eigenvalue weighted by Crippen LogP contribution is -2.58. The van der Waals surface area contributed by atoms with Gasteiger partial charge in [-0.25, -0.2) is 4.98 Å². The van der Waals surface area contributed by atoms with Crippen molar-refractivity contribution < 1.29 is 61.3 Å². The number of aliphatic hydroxyl groups excluding tert-OH is 1. The zero-order valence-electron chi connectivity index (χ0n) is 39.9. The molecule has 3 N–H and O–H groups in total. The van der Waals surface area contributed by atoms with Crippen molar-refractivity contribution in [2.45, 2.75) is 84.4 Å². The van der Waals surface area contributed by atoms with Crippen LogP contribution >= 0.6 is 23.6 Å². The van der Waals surface area contributed by atoms with Crippen molar-refractivity contribution in [2.24, 2.45) is 5.41 Å². The van der Waals surface area contributed by atoms with Gasteiger partial charge in [0.15, 0.2) is 5.11 Å². The summed E-state index contributed by atoms with van der Waals surface area (Å²) in [7, 11) is 0. The van der Waals surface area contributed by atoms with Crippen LogP contribution in [0.5, 0.6) is 5.75 Å². The van der Waals surface area contributed by atoms with Gasteiger partial charge in [0.05, 0.1) is 65.8 Å². The standard InChI is InChI=1S/C48H56F3N7O11S2/c1-29-40(71-28-53-29)31-9-7-30(8-10-31)25-52-42(61)38-24-34(59)26-55(38)43(62)41(46(2,3)4)54-39(60)27-68-20-19-66-17-18-67-21-22-69-35-14-11-32(12-15-35)57-45(70)56(44(63)47(57,5)6)33-13-16-37(58(64)65)36(23-33)48(49,50)51/h7-16,23,28,34,38,41,59H,17-22,24-27H2,1-6H3,(H,52,61)(H,54,60)/t34-,38+,41?/m1/s1. The van der Waals surface area contributed by atoms with E-state index in [2.05, 4.69) is 15.6 Å². The molecule has 3 aromatic carbocycles. The minimum atomic E-state index is -5.05. The van der Waals surface area contributed by atoms with Crippen LogP contribution in [0, 0.1) is 22.5 Å². The van der Waals surface area contributed by atoms with E-state index in [1.165, 1.54) is 9.80 Å². The molecule has 1 unspecified atom stereocenters. The van der Waals surface area contributed by atoms with E-state index in [1.807, 2.05) is 31.2 Å². The molecule has 23 heteroatoms. The topological polar surface area (TPSA) is 215 Å². The second-order valence-corrected chi connectivity index (χ2v) is 19.6. The monoisotopic (exact) mass is 1030 g/mol. The molecule has 382 valence electrons. The molecule has 2 aliphatic heterocycles. The summed E-state index contributed by atoms with van der Waals surface area (Å²) in [6.07, 6.45) is -5.90. The summed E-state index contributed by atoms with van der Waals surface area (Å²) in [5.74, 6) is -1.60. The second-order valence-electron chi connectivity index (χ2n) is 18.3. The normalized spacial score (nSPS) is 17.4. The van der Waals surface area contributed by atoms with Gasteiger partial charge in [0.2, 0.25) is 17.7 Å². The summed E-state index contributed by atoms with van der Waals surface area (Å²) in [6, 6.07) is 14.6. The number of aromatic nitrogens is 1. The summed E-state index contributed by atoms with van der Waals surface area (Å²) in [6.45, 7) is 11.3. The molecule has 3 heterocycles. The molecule has 0 spiro atoms. The third-order valence-corrected chi connectivity index (χ3v) is 13.0. The molecular weight excluding hydrogens is 972 g/mol. The van der Waals surface area contributed by atoms with Gasteiger partial charge >= 0.3 is 6.18 Å². The molecule has 0 aliphatic carbocycles. The summed E-state index contributed by atoms with van der Waals surface area (Å²) in [4.78, 5) is 73.0. The zero-order chi connectivity index (χ0) is 51.8. The van der Waals surface area contributed by atoms with E-state index in [1.54, 1.807) is 75.7 Å². The molecule has 0 bridgehead atoms. The van der Waals surface area contributed by atoms with Crippen molar-refractivity contribution in [2.75, 3.05) is 62.6 Å². The van der Waals surface area contributed by atoms with Gasteiger partial charge in [0, 0.05) is 31.3 Å². The predicted octanol–water partition coefficient (Wildman–Crippen LogP) is 6.20. The third kappa shape index (κ3) is 13.3. The fraction of sp³-hybridized carbons (Fsp3) is 0.458. The highest BCUT2D eigenvalue weighted by Gasteiger charge is 2.51. The van der Waals surface area contributed by atoms with E-state index in [9.17, 15) is 47.6 Å². The van der Waals surface area contributed by atoms with Crippen molar-refractivity contribution >= 4 is 69.4 Å². The maximum Gasteiger partial charge on any atom is 0.423 e. The number of thiocarbonyl (C=S) groups is 1. The average molecular weight is 1030 g/mol. The number of hydrogen-bond acceptors (Lipinski definition) is 14. The van der Waals surface area contributed by atoms with E-state index in [4.69, 9.17) is 31.2 Å². The molecule has 2 saturated heterocycles. The van der Waals surface area contributed by atoms with Gasteiger partial charge in [-0.15, -0.1) is 11.3 Å². The maximum atomic E-state index is 13.9. The number of hydrogen-bond donors (Lipinski definition) is 3. The van der Waals surface area contributed by atoms with Gasteiger partial charge in [0.1, 0.15) is 42.1 Å². The Morgan fingerprint density at radius 3 is 2.17 bits per heavy atom. The van der Waals surface area contributed by atoms with Crippen LogP contribution in [0.3, 0.4) is 0 Å². The number of anilines is 2. The number of carbonyl (C=O) groups is 4. The van der Waals surface area contributed by atoms with E-state index in [-0.39, 0.29) is 76.6 Å². The number of thiazole rings is 1. The highest BCUT2D eigenvalue weighted by atomic mass is 32.1. The molecular formula is C48H56F3N7O11S2. The van der Waals surface area contributed by atoms with Gasteiger partial charge in [-0.2, -0.15) is 13.2 Å². The highest BCUT2D eigenvalue weighted by Crippen LogP contribution is 2.42. The Hall–Kier alpha value is -6.11. The molecule has 18 nitrogen and oxygen atoms in total. The Morgan fingerprint density at radius 2 is 1.58 bits per heavy atom. The second kappa shape index (κ2) is 23.0. The van der Waals surface area contributed by atoms with Crippen LogP contribution < -0.4 is 25.2 Å². The van der Waals surface area contributed by atoms with Crippen molar-refractivity contribution in [3.05, 3.63) is 99.2 Å². The number of likely N-dealkylation sites (tertiary alicyclic amines) is 1. The first-order valence-corrected chi connectivity index (χ1v) is 23.8. The Kier molecular flexibility index (Phi) is 17.5. The van der Waals surface area contributed by atoms with E-state index < -0.39 is 75.1 Å². The van der Waals surface area contributed by atoms with Crippen LogP contribution in [-0.4, -0.2) is 125 Å². The molecule has 6 rings (SSSR count). The van der Waals surface area contributed by atoms with Gasteiger partial charge < -0.3 is 44.5 Å². The number of nitro groups is 1. The van der Waals surface area contributed by atoms with E-state index >= 15 is 0 Å². The number of carbonyl (C=O) groups excluding carboxylic acids is 4. The van der Waals surface area contributed by atoms with Gasteiger partial charge in [-0.3, -0.25) is 34.2 Å². The first-order chi connectivity index (χ1) is 33.5. The zero-order valence-corrected chi connectivity index (χ0v) is 41.6.